The summed E-state index contributed by atoms with van der Waals surface area (Å²) in [5.41, 5.74) is -0.147. The molecular formula is C13H20N2O4. The maximum Gasteiger partial charge on any atom is 0.305 e. The number of esters is 1. The van der Waals surface area contributed by atoms with Gasteiger partial charge in [-0.15, -0.1) is 5.10 Å². The van der Waals surface area contributed by atoms with Crippen LogP contribution in [-0.2, 0) is 16.1 Å². The van der Waals surface area contributed by atoms with Gasteiger partial charge in [0, 0.05) is 25.1 Å². The van der Waals surface area contributed by atoms with E-state index in [-0.39, 0.29) is 11.5 Å². The predicted molar refractivity (Wildman–Crippen MR) is 70.2 cm³/mol. The summed E-state index contributed by atoms with van der Waals surface area (Å²) in [6, 6.07) is 2.98. The Labute approximate surface area is 112 Å². The highest BCUT2D eigenvalue weighted by atomic mass is 16.5. The zero-order valence-electron chi connectivity index (χ0n) is 11.4. The van der Waals surface area contributed by atoms with Crippen LogP contribution in [0.15, 0.2) is 16.9 Å². The van der Waals surface area contributed by atoms with E-state index in [0.717, 1.165) is 19.3 Å². The van der Waals surface area contributed by atoms with Crippen LogP contribution in [0.3, 0.4) is 0 Å². The maximum absolute atomic E-state index is 11.5. The van der Waals surface area contributed by atoms with Gasteiger partial charge < -0.3 is 9.47 Å². The van der Waals surface area contributed by atoms with Crippen LogP contribution in [0.5, 0.6) is 5.88 Å². The second-order valence-electron chi connectivity index (χ2n) is 4.05. The fourth-order valence-corrected chi connectivity index (χ4v) is 1.64. The van der Waals surface area contributed by atoms with Gasteiger partial charge in [0.05, 0.1) is 13.7 Å². The highest BCUT2D eigenvalue weighted by Crippen LogP contribution is 2.04. The lowest BCUT2D eigenvalue weighted by Crippen LogP contribution is -2.22. The van der Waals surface area contributed by atoms with Crippen LogP contribution >= 0.6 is 0 Å². The molecule has 0 radical (unpaired) electrons. The van der Waals surface area contributed by atoms with Crippen molar-refractivity contribution in [2.75, 3.05) is 13.7 Å². The summed E-state index contributed by atoms with van der Waals surface area (Å²) in [5.74, 6) is 0.255. The minimum atomic E-state index is -0.167. The van der Waals surface area contributed by atoms with Gasteiger partial charge in [0.25, 0.3) is 5.56 Å². The zero-order valence-corrected chi connectivity index (χ0v) is 11.4. The molecule has 0 aromatic carbocycles. The number of aromatic nitrogens is 2. The van der Waals surface area contributed by atoms with Crippen molar-refractivity contribution < 1.29 is 14.3 Å². The molecule has 6 heteroatoms. The molecule has 0 amide bonds. The number of ether oxygens (including phenoxy) is 2. The second kappa shape index (κ2) is 8.29. The van der Waals surface area contributed by atoms with Crippen LogP contribution in [-0.4, -0.2) is 29.5 Å². The van der Waals surface area contributed by atoms with Crippen LogP contribution in [0, 0.1) is 0 Å². The molecular weight excluding hydrogens is 248 g/mol. The molecule has 0 atom stereocenters. The Morgan fingerprint density at radius 3 is 2.79 bits per heavy atom. The first-order chi connectivity index (χ1) is 9.17. The highest BCUT2D eigenvalue weighted by molar-refractivity contribution is 5.69. The number of methoxy groups -OCH3 is 1. The SMILES string of the molecule is CCOC(=O)CCCCCn1nc(OC)ccc1=O. The molecule has 1 aromatic heterocycles. The van der Waals surface area contributed by atoms with Gasteiger partial charge in [0.2, 0.25) is 5.88 Å². The lowest BCUT2D eigenvalue weighted by Gasteiger charge is -2.06. The molecule has 6 nitrogen and oxygen atoms in total. The molecule has 106 valence electrons. The topological polar surface area (TPSA) is 70.4 Å². The summed E-state index contributed by atoms with van der Waals surface area (Å²) in [7, 11) is 1.51. The normalized spacial score (nSPS) is 10.2. The maximum atomic E-state index is 11.5. The molecule has 0 bridgehead atoms. The molecule has 0 saturated carbocycles. The Hall–Kier alpha value is -1.85. The van der Waals surface area contributed by atoms with Crippen LogP contribution in [0.1, 0.15) is 32.6 Å². The zero-order chi connectivity index (χ0) is 14.1. The summed E-state index contributed by atoms with van der Waals surface area (Å²) in [6.45, 7) is 2.74. The molecule has 0 spiro atoms. The molecule has 0 aliphatic rings. The van der Waals surface area contributed by atoms with Crippen LogP contribution in [0.4, 0.5) is 0 Å². The number of carbonyl (C=O) groups excluding carboxylic acids is 1. The van der Waals surface area contributed by atoms with Gasteiger partial charge in [-0.3, -0.25) is 9.59 Å². The monoisotopic (exact) mass is 268 g/mol. The molecule has 0 N–H and O–H groups in total. The Kier molecular flexibility index (Phi) is 6.63. The quantitative estimate of drug-likeness (QED) is 0.526. The van der Waals surface area contributed by atoms with E-state index in [4.69, 9.17) is 9.47 Å². The number of hydrogen-bond donors (Lipinski definition) is 0. The number of rotatable bonds is 8. The third-order valence-electron chi connectivity index (χ3n) is 2.61. The molecule has 0 aliphatic heterocycles. The van der Waals surface area contributed by atoms with E-state index in [1.54, 1.807) is 13.0 Å². The molecule has 19 heavy (non-hydrogen) atoms. The summed E-state index contributed by atoms with van der Waals surface area (Å²) >= 11 is 0. The molecule has 0 unspecified atom stereocenters. The Bertz CT molecular complexity index is 456. The van der Waals surface area contributed by atoms with E-state index < -0.39 is 0 Å². The number of carbonyl (C=O) groups is 1. The van der Waals surface area contributed by atoms with E-state index in [0.29, 0.717) is 25.5 Å². The molecule has 0 aliphatic carbocycles. The van der Waals surface area contributed by atoms with Crippen molar-refractivity contribution in [2.45, 2.75) is 39.2 Å². The number of nitrogens with zero attached hydrogens (tertiary/aromatic N) is 2. The smallest absolute Gasteiger partial charge is 0.305 e. The van der Waals surface area contributed by atoms with Gasteiger partial charge in [-0.05, 0) is 19.8 Å². The minimum Gasteiger partial charge on any atom is -0.480 e. The third-order valence-corrected chi connectivity index (χ3v) is 2.61. The van der Waals surface area contributed by atoms with Gasteiger partial charge in [-0.2, -0.15) is 0 Å². The van der Waals surface area contributed by atoms with Gasteiger partial charge in [0.1, 0.15) is 0 Å². The van der Waals surface area contributed by atoms with Crippen molar-refractivity contribution in [3.05, 3.63) is 22.5 Å². The summed E-state index contributed by atoms with van der Waals surface area (Å²) in [5, 5.41) is 4.04. The average Bonchev–Trinajstić information content (AvgIpc) is 2.40. The largest absolute Gasteiger partial charge is 0.480 e. The first-order valence-electron chi connectivity index (χ1n) is 6.45. The number of hydrogen-bond acceptors (Lipinski definition) is 5. The number of aryl methyl sites for hydroxylation is 1. The minimum absolute atomic E-state index is 0.147. The predicted octanol–water partition coefficient (Wildman–Crippen LogP) is 1.38. The van der Waals surface area contributed by atoms with Gasteiger partial charge in [0.15, 0.2) is 0 Å². The van der Waals surface area contributed by atoms with Crippen LogP contribution < -0.4 is 10.3 Å². The fourth-order valence-electron chi connectivity index (χ4n) is 1.64. The Morgan fingerprint density at radius 1 is 1.32 bits per heavy atom. The third kappa shape index (κ3) is 5.54. The first-order valence-corrected chi connectivity index (χ1v) is 6.45. The summed E-state index contributed by atoms with van der Waals surface area (Å²) in [4.78, 5) is 22.6. The number of unbranched alkanes of at least 4 members (excludes halogenated alkanes) is 2. The van der Waals surface area contributed by atoms with E-state index in [1.807, 2.05) is 0 Å². The van der Waals surface area contributed by atoms with Crippen molar-refractivity contribution in [3.63, 3.8) is 0 Å². The molecule has 0 saturated heterocycles. The fraction of sp³-hybridized carbons (Fsp3) is 0.615. The molecule has 0 fully saturated rings. The van der Waals surface area contributed by atoms with Gasteiger partial charge in [-0.1, -0.05) is 6.42 Å². The van der Waals surface area contributed by atoms with Gasteiger partial charge >= 0.3 is 5.97 Å². The van der Waals surface area contributed by atoms with E-state index in [9.17, 15) is 9.59 Å². The van der Waals surface area contributed by atoms with E-state index in [2.05, 4.69) is 5.10 Å². The van der Waals surface area contributed by atoms with E-state index in [1.165, 1.54) is 17.9 Å². The van der Waals surface area contributed by atoms with Gasteiger partial charge in [-0.25, -0.2) is 4.68 Å². The Balaban J connectivity index is 2.29. The lowest BCUT2D eigenvalue weighted by atomic mass is 10.2. The average molecular weight is 268 g/mol. The molecule has 1 aromatic rings. The lowest BCUT2D eigenvalue weighted by molar-refractivity contribution is -0.143. The highest BCUT2D eigenvalue weighted by Gasteiger charge is 2.03. The van der Waals surface area contributed by atoms with Crippen LogP contribution in [0.2, 0.25) is 0 Å². The Morgan fingerprint density at radius 2 is 2.11 bits per heavy atom. The molecule has 1 heterocycles. The van der Waals surface area contributed by atoms with Crippen molar-refractivity contribution in [3.8, 4) is 5.88 Å². The first kappa shape index (κ1) is 15.2. The standard InChI is InChI=1S/C13H20N2O4/c1-3-19-13(17)7-5-4-6-10-15-12(16)9-8-11(14-15)18-2/h8-9H,3-7,10H2,1-2H3. The molecule has 1 rings (SSSR count). The van der Waals surface area contributed by atoms with Crippen LogP contribution in [0.25, 0.3) is 0 Å². The van der Waals surface area contributed by atoms with Crippen molar-refractivity contribution in [1.82, 2.24) is 9.78 Å². The second-order valence-corrected chi connectivity index (χ2v) is 4.05. The van der Waals surface area contributed by atoms with Crippen molar-refractivity contribution in [1.29, 1.82) is 0 Å². The van der Waals surface area contributed by atoms with E-state index >= 15 is 0 Å². The van der Waals surface area contributed by atoms with Crippen molar-refractivity contribution >= 4 is 5.97 Å². The van der Waals surface area contributed by atoms with Crippen molar-refractivity contribution in [2.24, 2.45) is 0 Å². The summed E-state index contributed by atoms with van der Waals surface area (Å²) in [6.07, 6.45) is 2.83. The summed E-state index contributed by atoms with van der Waals surface area (Å²) < 4.78 is 11.2.